The van der Waals surface area contributed by atoms with Gasteiger partial charge in [-0.05, 0) is 48.9 Å². The zero-order valence-electron chi connectivity index (χ0n) is 11.0. The quantitative estimate of drug-likeness (QED) is 0.917. The van der Waals surface area contributed by atoms with E-state index in [0.29, 0.717) is 5.02 Å². The Morgan fingerprint density at radius 3 is 2.40 bits per heavy atom. The summed E-state index contributed by atoms with van der Waals surface area (Å²) in [6.45, 7) is 1.89. The van der Waals surface area contributed by atoms with Crippen LogP contribution in [0.3, 0.4) is 0 Å². The summed E-state index contributed by atoms with van der Waals surface area (Å²) in [6, 6.07) is 10.8. The molecule has 1 N–H and O–H groups in total. The number of hydrogen-bond donors (Lipinski definition) is 1. The SMILES string of the molecule is CC(c1ccncc1)N(CC(=O)O)c1ccc(Cl)cc1. The lowest BCUT2D eigenvalue weighted by Gasteiger charge is -2.30. The lowest BCUT2D eigenvalue weighted by atomic mass is 10.1. The van der Waals surface area contributed by atoms with E-state index in [4.69, 9.17) is 16.7 Å². The molecule has 104 valence electrons. The minimum atomic E-state index is -0.874. The van der Waals surface area contributed by atoms with E-state index in [9.17, 15) is 4.79 Å². The number of benzene rings is 1. The fourth-order valence-electron chi connectivity index (χ4n) is 2.05. The molecule has 1 unspecified atom stereocenters. The van der Waals surface area contributed by atoms with E-state index in [1.54, 1.807) is 24.5 Å². The largest absolute Gasteiger partial charge is 0.480 e. The van der Waals surface area contributed by atoms with Crippen LogP contribution in [0.15, 0.2) is 48.8 Å². The van der Waals surface area contributed by atoms with Crippen LogP contribution in [0.25, 0.3) is 0 Å². The monoisotopic (exact) mass is 290 g/mol. The van der Waals surface area contributed by atoms with Crippen molar-refractivity contribution in [3.8, 4) is 0 Å². The smallest absolute Gasteiger partial charge is 0.323 e. The van der Waals surface area contributed by atoms with Gasteiger partial charge in [-0.25, -0.2) is 0 Å². The number of aromatic nitrogens is 1. The van der Waals surface area contributed by atoms with Crippen molar-refractivity contribution in [3.63, 3.8) is 0 Å². The Morgan fingerprint density at radius 2 is 1.85 bits per heavy atom. The van der Waals surface area contributed by atoms with Crippen molar-refractivity contribution in [2.45, 2.75) is 13.0 Å². The number of halogens is 1. The Kier molecular flexibility index (Phi) is 4.58. The number of anilines is 1. The minimum Gasteiger partial charge on any atom is -0.480 e. The van der Waals surface area contributed by atoms with Crippen LogP contribution >= 0.6 is 11.6 Å². The Balaban J connectivity index is 2.32. The number of carbonyl (C=O) groups is 1. The van der Waals surface area contributed by atoms with Gasteiger partial charge in [-0.15, -0.1) is 0 Å². The van der Waals surface area contributed by atoms with E-state index in [0.717, 1.165) is 11.3 Å². The van der Waals surface area contributed by atoms with Crippen molar-refractivity contribution in [3.05, 3.63) is 59.4 Å². The summed E-state index contributed by atoms with van der Waals surface area (Å²) in [5.41, 5.74) is 1.83. The second kappa shape index (κ2) is 6.39. The number of nitrogens with zero attached hydrogens (tertiary/aromatic N) is 2. The van der Waals surface area contributed by atoms with Gasteiger partial charge in [-0.2, -0.15) is 0 Å². The fraction of sp³-hybridized carbons (Fsp3) is 0.200. The van der Waals surface area contributed by atoms with Crippen LogP contribution in [0.4, 0.5) is 5.69 Å². The van der Waals surface area contributed by atoms with Gasteiger partial charge in [0.25, 0.3) is 0 Å². The Morgan fingerprint density at radius 1 is 1.25 bits per heavy atom. The van der Waals surface area contributed by atoms with Crippen molar-refractivity contribution in [2.75, 3.05) is 11.4 Å². The number of pyridine rings is 1. The van der Waals surface area contributed by atoms with Gasteiger partial charge in [-0.1, -0.05) is 11.6 Å². The molecule has 1 aromatic carbocycles. The van der Waals surface area contributed by atoms with Gasteiger partial charge in [0, 0.05) is 23.1 Å². The molecule has 2 rings (SSSR count). The number of aliphatic carboxylic acids is 1. The number of carboxylic acids is 1. The average molecular weight is 291 g/mol. The molecule has 0 saturated carbocycles. The third-order valence-corrected chi connectivity index (χ3v) is 3.37. The molecule has 4 nitrogen and oxygen atoms in total. The highest BCUT2D eigenvalue weighted by Crippen LogP contribution is 2.27. The van der Waals surface area contributed by atoms with Gasteiger partial charge < -0.3 is 10.0 Å². The van der Waals surface area contributed by atoms with E-state index < -0.39 is 5.97 Å². The summed E-state index contributed by atoms with van der Waals surface area (Å²) in [7, 11) is 0. The summed E-state index contributed by atoms with van der Waals surface area (Å²) in [5, 5.41) is 9.74. The molecule has 0 aliphatic heterocycles. The van der Waals surface area contributed by atoms with Gasteiger partial charge in [0.1, 0.15) is 6.54 Å². The van der Waals surface area contributed by atoms with Crippen LogP contribution in [-0.4, -0.2) is 22.6 Å². The van der Waals surface area contributed by atoms with Crippen LogP contribution < -0.4 is 4.90 Å². The number of rotatable bonds is 5. The molecule has 1 heterocycles. The van der Waals surface area contributed by atoms with Crippen molar-refractivity contribution in [1.29, 1.82) is 0 Å². The molecule has 0 amide bonds. The van der Waals surface area contributed by atoms with Crippen LogP contribution in [0.5, 0.6) is 0 Å². The molecule has 0 bridgehead atoms. The summed E-state index contributed by atoms with van der Waals surface area (Å²) < 4.78 is 0. The first-order valence-corrected chi connectivity index (χ1v) is 6.59. The first-order chi connectivity index (χ1) is 9.58. The second-order valence-corrected chi connectivity index (χ2v) is 4.89. The molecule has 1 atom stereocenters. The van der Waals surface area contributed by atoms with Crippen LogP contribution in [0, 0.1) is 0 Å². The first-order valence-electron chi connectivity index (χ1n) is 6.22. The third-order valence-electron chi connectivity index (χ3n) is 3.12. The maximum Gasteiger partial charge on any atom is 0.323 e. The standard InChI is InChI=1S/C15H15ClN2O2/c1-11(12-6-8-17-9-7-12)18(10-15(19)20)14-4-2-13(16)3-5-14/h2-9,11H,10H2,1H3,(H,19,20). The van der Waals surface area contributed by atoms with Crippen LogP contribution in [-0.2, 0) is 4.79 Å². The fourth-order valence-corrected chi connectivity index (χ4v) is 2.18. The van der Waals surface area contributed by atoms with Gasteiger partial charge >= 0.3 is 5.97 Å². The average Bonchev–Trinajstić information content (AvgIpc) is 2.46. The van der Waals surface area contributed by atoms with Gasteiger partial charge in [0.05, 0.1) is 6.04 Å². The summed E-state index contributed by atoms with van der Waals surface area (Å²) >= 11 is 5.88. The molecule has 0 spiro atoms. The normalized spacial score (nSPS) is 11.9. The highest BCUT2D eigenvalue weighted by Gasteiger charge is 2.19. The molecular weight excluding hydrogens is 276 g/mol. The zero-order valence-corrected chi connectivity index (χ0v) is 11.8. The number of hydrogen-bond acceptors (Lipinski definition) is 3. The maximum absolute atomic E-state index is 11.1. The van der Waals surface area contributed by atoms with E-state index >= 15 is 0 Å². The Labute approximate surface area is 122 Å². The van der Waals surface area contributed by atoms with Gasteiger partial charge in [0.2, 0.25) is 0 Å². The van der Waals surface area contributed by atoms with Crippen molar-refractivity contribution < 1.29 is 9.90 Å². The first kappa shape index (κ1) is 14.3. The highest BCUT2D eigenvalue weighted by molar-refractivity contribution is 6.30. The molecule has 0 radical (unpaired) electrons. The van der Waals surface area contributed by atoms with Crippen molar-refractivity contribution >= 4 is 23.3 Å². The van der Waals surface area contributed by atoms with Crippen LogP contribution in [0.2, 0.25) is 5.02 Å². The van der Waals surface area contributed by atoms with Gasteiger partial charge in [-0.3, -0.25) is 9.78 Å². The Bertz CT molecular complexity index is 572. The molecule has 1 aromatic heterocycles. The van der Waals surface area contributed by atoms with Crippen molar-refractivity contribution in [1.82, 2.24) is 4.98 Å². The van der Waals surface area contributed by atoms with Crippen molar-refractivity contribution in [2.24, 2.45) is 0 Å². The maximum atomic E-state index is 11.1. The summed E-state index contributed by atoms with van der Waals surface area (Å²) in [4.78, 5) is 16.9. The van der Waals surface area contributed by atoms with E-state index in [1.807, 2.05) is 36.1 Å². The van der Waals surface area contributed by atoms with Gasteiger partial charge in [0.15, 0.2) is 0 Å². The third kappa shape index (κ3) is 3.48. The molecule has 0 aliphatic rings. The molecule has 0 aliphatic carbocycles. The molecular formula is C15H15ClN2O2. The Hall–Kier alpha value is -2.07. The molecule has 0 fully saturated rings. The number of carboxylic acid groups (broad SMARTS) is 1. The second-order valence-electron chi connectivity index (χ2n) is 4.45. The zero-order chi connectivity index (χ0) is 14.5. The minimum absolute atomic E-state index is 0.0738. The molecule has 5 heteroatoms. The highest BCUT2D eigenvalue weighted by atomic mass is 35.5. The lowest BCUT2D eigenvalue weighted by molar-refractivity contribution is -0.135. The summed E-state index contributed by atoms with van der Waals surface area (Å²) in [5.74, 6) is -0.874. The molecule has 2 aromatic rings. The van der Waals surface area contributed by atoms with E-state index in [-0.39, 0.29) is 12.6 Å². The summed E-state index contributed by atoms with van der Waals surface area (Å²) in [6.07, 6.45) is 3.40. The van der Waals surface area contributed by atoms with E-state index in [1.165, 1.54) is 0 Å². The molecule has 0 saturated heterocycles. The molecule has 20 heavy (non-hydrogen) atoms. The van der Waals surface area contributed by atoms with Crippen LogP contribution in [0.1, 0.15) is 18.5 Å². The predicted molar refractivity (Wildman–Crippen MR) is 79.1 cm³/mol. The lowest BCUT2D eigenvalue weighted by Crippen LogP contribution is -2.32. The topological polar surface area (TPSA) is 53.4 Å². The predicted octanol–water partition coefficient (Wildman–Crippen LogP) is 3.39. The van der Waals surface area contributed by atoms with E-state index in [2.05, 4.69) is 4.98 Å².